The van der Waals surface area contributed by atoms with E-state index >= 15 is 0 Å². The Morgan fingerprint density at radius 3 is 2.62 bits per heavy atom. The van der Waals surface area contributed by atoms with E-state index in [2.05, 4.69) is 24.2 Å². The summed E-state index contributed by atoms with van der Waals surface area (Å²) >= 11 is 0. The zero-order chi connectivity index (χ0) is 9.26. The van der Waals surface area contributed by atoms with Crippen LogP contribution in [0.3, 0.4) is 0 Å². The van der Waals surface area contributed by atoms with Crippen LogP contribution in [0.1, 0.15) is 32.6 Å². The molecule has 2 aliphatic rings. The van der Waals surface area contributed by atoms with Crippen molar-refractivity contribution in [2.75, 3.05) is 20.1 Å². The van der Waals surface area contributed by atoms with Crippen molar-refractivity contribution < 1.29 is 0 Å². The summed E-state index contributed by atoms with van der Waals surface area (Å²) in [4.78, 5) is 2.71. The predicted octanol–water partition coefficient (Wildman–Crippen LogP) is 1.47. The number of hydrogen-bond donors (Lipinski definition) is 1. The van der Waals surface area contributed by atoms with Crippen LogP contribution in [0.4, 0.5) is 0 Å². The maximum Gasteiger partial charge on any atom is 0.0204 e. The minimum absolute atomic E-state index is 0.757. The fourth-order valence-corrected chi connectivity index (χ4v) is 2.69. The molecule has 1 aliphatic heterocycles. The van der Waals surface area contributed by atoms with Crippen LogP contribution in [0.5, 0.6) is 0 Å². The van der Waals surface area contributed by atoms with Gasteiger partial charge in [-0.3, -0.25) is 4.90 Å². The van der Waals surface area contributed by atoms with Crippen LogP contribution in [0.25, 0.3) is 0 Å². The Hall–Kier alpha value is -0.0800. The number of rotatable bonds is 4. The Morgan fingerprint density at radius 2 is 2.15 bits per heavy atom. The van der Waals surface area contributed by atoms with Gasteiger partial charge in [-0.05, 0) is 38.6 Å². The van der Waals surface area contributed by atoms with E-state index < -0.39 is 0 Å². The first-order valence-electron chi connectivity index (χ1n) is 5.76. The van der Waals surface area contributed by atoms with Crippen molar-refractivity contribution in [1.82, 2.24) is 10.2 Å². The van der Waals surface area contributed by atoms with Crippen LogP contribution in [-0.4, -0.2) is 37.1 Å². The van der Waals surface area contributed by atoms with Gasteiger partial charge in [0.15, 0.2) is 0 Å². The lowest BCUT2D eigenvalue weighted by atomic mass is 10.1. The Balaban J connectivity index is 1.85. The van der Waals surface area contributed by atoms with Crippen LogP contribution in [-0.2, 0) is 0 Å². The van der Waals surface area contributed by atoms with Gasteiger partial charge in [0.1, 0.15) is 0 Å². The summed E-state index contributed by atoms with van der Waals surface area (Å²) in [5.74, 6) is 1.04. The Bertz CT molecular complexity index is 165. The summed E-state index contributed by atoms with van der Waals surface area (Å²) in [6.07, 6.45) is 5.67. The summed E-state index contributed by atoms with van der Waals surface area (Å²) in [6.45, 7) is 4.95. The number of likely N-dealkylation sites (N-methyl/N-ethyl adjacent to an activating group) is 1. The van der Waals surface area contributed by atoms with Crippen LogP contribution >= 0.6 is 0 Å². The lowest BCUT2D eigenvalue weighted by Crippen LogP contribution is -2.37. The maximum absolute atomic E-state index is 3.39. The van der Waals surface area contributed by atoms with Crippen LogP contribution in [0.2, 0.25) is 0 Å². The summed E-state index contributed by atoms with van der Waals surface area (Å²) in [5, 5.41) is 3.39. The second-order valence-corrected chi connectivity index (χ2v) is 4.58. The largest absolute Gasteiger partial charge is 0.316 e. The molecule has 1 aliphatic carbocycles. The van der Waals surface area contributed by atoms with Crippen molar-refractivity contribution in [1.29, 1.82) is 0 Å². The minimum atomic E-state index is 0.757. The van der Waals surface area contributed by atoms with Crippen molar-refractivity contribution in [2.24, 2.45) is 5.92 Å². The van der Waals surface area contributed by atoms with Crippen molar-refractivity contribution in [3.05, 3.63) is 0 Å². The maximum atomic E-state index is 3.39. The second-order valence-electron chi connectivity index (χ2n) is 4.58. The lowest BCUT2D eigenvalue weighted by molar-refractivity contribution is 0.208. The molecule has 13 heavy (non-hydrogen) atoms. The van der Waals surface area contributed by atoms with Gasteiger partial charge in [-0.25, -0.2) is 0 Å². The molecule has 2 nitrogen and oxygen atoms in total. The van der Waals surface area contributed by atoms with Crippen molar-refractivity contribution in [2.45, 2.75) is 44.7 Å². The molecule has 0 aromatic rings. The number of nitrogens with zero attached hydrogens (tertiary/aromatic N) is 1. The van der Waals surface area contributed by atoms with E-state index in [0.717, 1.165) is 18.0 Å². The third-order valence-corrected chi connectivity index (χ3v) is 3.68. The van der Waals surface area contributed by atoms with E-state index in [1.54, 1.807) is 0 Å². The molecule has 0 amide bonds. The van der Waals surface area contributed by atoms with E-state index in [0.29, 0.717) is 0 Å². The Labute approximate surface area is 81.7 Å². The monoisotopic (exact) mass is 182 g/mol. The second kappa shape index (κ2) is 3.97. The fraction of sp³-hybridized carbons (Fsp3) is 1.00. The number of nitrogens with one attached hydrogen (secondary N) is 1. The van der Waals surface area contributed by atoms with E-state index in [4.69, 9.17) is 0 Å². The van der Waals surface area contributed by atoms with Gasteiger partial charge in [-0.1, -0.05) is 6.92 Å². The molecule has 0 bridgehead atoms. The van der Waals surface area contributed by atoms with Gasteiger partial charge in [0, 0.05) is 25.2 Å². The molecule has 0 spiro atoms. The highest BCUT2D eigenvalue weighted by atomic mass is 15.2. The van der Waals surface area contributed by atoms with Gasteiger partial charge in [0.05, 0.1) is 0 Å². The van der Waals surface area contributed by atoms with E-state index in [1.165, 1.54) is 38.8 Å². The standard InChI is InChI=1S/C11H22N2/c1-3-11(9-4-5-9)13-7-6-10(8-13)12-2/h9-12H,3-8H2,1-2H3. The molecule has 2 fully saturated rings. The van der Waals surface area contributed by atoms with Crippen molar-refractivity contribution >= 4 is 0 Å². The van der Waals surface area contributed by atoms with Gasteiger partial charge in [-0.2, -0.15) is 0 Å². The molecule has 0 radical (unpaired) electrons. The molecule has 1 saturated heterocycles. The van der Waals surface area contributed by atoms with Crippen LogP contribution < -0.4 is 5.32 Å². The van der Waals surface area contributed by atoms with E-state index in [1.807, 2.05) is 0 Å². The molecule has 1 heterocycles. The first-order valence-corrected chi connectivity index (χ1v) is 5.76. The third kappa shape index (κ3) is 2.05. The third-order valence-electron chi connectivity index (χ3n) is 3.68. The molecule has 2 atom stereocenters. The normalized spacial score (nSPS) is 32.3. The molecule has 2 heteroatoms. The van der Waals surface area contributed by atoms with Gasteiger partial charge < -0.3 is 5.32 Å². The summed E-state index contributed by atoms with van der Waals surface area (Å²) in [7, 11) is 2.09. The quantitative estimate of drug-likeness (QED) is 0.708. The smallest absolute Gasteiger partial charge is 0.0204 e. The van der Waals surface area contributed by atoms with Gasteiger partial charge >= 0.3 is 0 Å². The fourth-order valence-electron chi connectivity index (χ4n) is 2.69. The van der Waals surface area contributed by atoms with Gasteiger partial charge in [0.2, 0.25) is 0 Å². The topological polar surface area (TPSA) is 15.3 Å². The average molecular weight is 182 g/mol. The van der Waals surface area contributed by atoms with E-state index in [-0.39, 0.29) is 0 Å². The Morgan fingerprint density at radius 1 is 1.38 bits per heavy atom. The molecule has 0 aromatic heterocycles. The molecular formula is C11H22N2. The highest BCUT2D eigenvalue weighted by Gasteiger charge is 2.36. The highest BCUT2D eigenvalue weighted by molar-refractivity contribution is 4.92. The zero-order valence-electron chi connectivity index (χ0n) is 8.92. The van der Waals surface area contributed by atoms with Crippen LogP contribution in [0.15, 0.2) is 0 Å². The molecule has 76 valence electrons. The van der Waals surface area contributed by atoms with Crippen LogP contribution in [0, 0.1) is 5.92 Å². The van der Waals surface area contributed by atoms with E-state index in [9.17, 15) is 0 Å². The zero-order valence-corrected chi connectivity index (χ0v) is 8.92. The SMILES string of the molecule is CCC(C1CC1)N1CCC(NC)C1. The minimum Gasteiger partial charge on any atom is -0.316 e. The molecule has 0 aromatic carbocycles. The molecule has 2 unspecified atom stereocenters. The summed E-state index contributed by atoms with van der Waals surface area (Å²) in [5.41, 5.74) is 0. The summed E-state index contributed by atoms with van der Waals surface area (Å²) in [6, 6.07) is 1.66. The lowest BCUT2D eigenvalue weighted by Gasteiger charge is -2.26. The first kappa shape index (κ1) is 9.47. The molecule has 1 N–H and O–H groups in total. The highest BCUT2D eigenvalue weighted by Crippen LogP contribution is 2.37. The number of hydrogen-bond acceptors (Lipinski definition) is 2. The molecule has 2 rings (SSSR count). The average Bonchev–Trinajstić information content (AvgIpc) is 2.85. The van der Waals surface area contributed by atoms with Crippen molar-refractivity contribution in [3.63, 3.8) is 0 Å². The first-order chi connectivity index (χ1) is 6.35. The molecule has 1 saturated carbocycles. The number of likely N-dealkylation sites (tertiary alicyclic amines) is 1. The summed E-state index contributed by atoms with van der Waals surface area (Å²) < 4.78 is 0. The van der Waals surface area contributed by atoms with Gasteiger partial charge in [0.25, 0.3) is 0 Å². The van der Waals surface area contributed by atoms with Gasteiger partial charge in [-0.15, -0.1) is 0 Å². The Kier molecular flexibility index (Phi) is 2.89. The van der Waals surface area contributed by atoms with Crippen molar-refractivity contribution in [3.8, 4) is 0 Å². The predicted molar refractivity (Wildman–Crippen MR) is 55.8 cm³/mol. The molecular weight excluding hydrogens is 160 g/mol.